The van der Waals surface area contributed by atoms with Crippen molar-refractivity contribution in [3.8, 4) is 0 Å². The Balaban J connectivity index is 1.42. The van der Waals surface area contributed by atoms with Crippen LogP contribution in [0.1, 0.15) is 4.88 Å². The van der Waals surface area contributed by atoms with Gasteiger partial charge < -0.3 is 15.1 Å². The number of anilines is 1. The fraction of sp³-hybridized carbons (Fsp3) is 0.263. The van der Waals surface area contributed by atoms with Crippen LogP contribution in [0.15, 0.2) is 46.3 Å². The average Bonchev–Trinajstić information content (AvgIpc) is 3.10. The molecule has 1 N–H and O–H groups in total. The lowest BCUT2D eigenvalue weighted by Crippen LogP contribution is -2.51. The molecule has 1 aliphatic heterocycles. The van der Waals surface area contributed by atoms with Gasteiger partial charge in [0.25, 0.3) is 0 Å². The first-order chi connectivity index (χ1) is 13.0. The summed E-state index contributed by atoms with van der Waals surface area (Å²) in [5, 5.41) is 3.37. The SMILES string of the molecule is O=C(/C=C/c1ccc(Br)s1)NCC(=O)N1CCN(c2ccc(Cl)cc2)CC1. The highest BCUT2D eigenvalue weighted by atomic mass is 79.9. The molecule has 0 radical (unpaired) electrons. The summed E-state index contributed by atoms with van der Waals surface area (Å²) in [5.41, 5.74) is 1.10. The molecule has 8 heteroatoms. The number of halogens is 2. The van der Waals surface area contributed by atoms with Gasteiger partial charge in [0.05, 0.1) is 10.3 Å². The number of thiophene rings is 1. The third kappa shape index (κ3) is 5.82. The van der Waals surface area contributed by atoms with Crippen molar-refractivity contribution in [1.82, 2.24) is 10.2 Å². The number of hydrogen-bond acceptors (Lipinski definition) is 4. The number of amides is 2. The number of rotatable bonds is 5. The van der Waals surface area contributed by atoms with Gasteiger partial charge in [-0.25, -0.2) is 0 Å². The van der Waals surface area contributed by atoms with E-state index in [1.165, 1.54) is 17.4 Å². The first-order valence-electron chi connectivity index (χ1n) is 8.51. The van der Waals surface area contributed by atoms with Crippen LogP contribution >= 0.6 is 38.9 Å². The van der Waals surface area contributed by atoms with Crippen LogP contribution in [0.25, 0.3) is 6.08 Å². The van der Waals surface area contributed by atoms with Crippen molar-refractivity contribution in [2.75, 3.05) is 37.6 Å². The van der Waals surface area contributed by atoms with Gasteiger partial charge >= 0.3 is 0 Å². The molecule has 2 heterocycles. The molecule has 27 heavy (non-hydrogen) atoms. The Kier molecular flexibility index (Phi) is 6.93. The second kappa shape index (κ2) is 9.39. The van der Waals surface area contributed by atoms with E-state index in [0.717, 1.165) is 27.4 Å². The Bertz CT molecular complexity index is 830. The van der Waals surface area contributed by atoms with Gasteiger partial charge in [-0.05, 0) is 58.4 Å². The Hall–Kier alpha value is -1.83. The van der Waals surface area contributed by atoms with Crippen LogP contribution in [-0.4, -0.2) is 49.4 Å². The molecule has 1 saturated heterocycles. The Morgan fingerprint density at radius 1 is 1.11 bits per heavy atom. The molecule has 1 aromatic heterocycles. The lowest BCUT2D eigenvalue weighted by Gasteiger charge is -2.36. The number of carbonyl (C=O) groups excluding carboxylic acids is 2. The molecule has 2 amide bonds. The highest BCUT2D eigenvalue weighted by Crippen LogP contribution is 2.23. The average molecular weight is 469 g/mol. The summed E-state index contributed by atoms with van der Waals surface area (Å²) >= 11 is 10.8. The highest BCUT2D eigenvalue weighted by Gasteiger charge is 2.21. The first kappa shape index (κ1) is 19.9. The molecule has 0 bridgehead atoms. The smallest absolute Gasteiger partial charge is 0.244 e. The molecule has 0 unspecified atom stereocenters. The molecule has 3 rings (SSSR count). The van der Waals surface area contributed by atoms with Crippen LogP contribution < -0.4 is 10.2 Å². The van der Waals surface area contributed by atoms with Gasteiger partial charge in [0, 0.05) is 47.8 Å². The fourth-order valence-corrected chi connectivity index (χ4v) is 4.23. The van der Waals surface area contributed by atoms with E-state index in [2.05, 4.69) is 26.1 Å². The Morgan fingerprint density at radius 2 is 1.81 bits per heavy atom. The van der Waals surface area contributed by atoms with Gasteiger partial charge in [-0.15, -0.1) is 11.3 Å². The summed E-state index contributed by atoms with van der Waals surface area (Å²) in [4.78, 5) is 29.2. The summed E-state index contributed by atoms with van der Waals surface area (Å²) in [6, 6.07) is 11.6. The molecule has 0 atom stereocenters. The van der Waals surface area contributed by atoms with Gasteiger partial charge in [0.1, 0.15) is 0 Å². The van der Waals surface area contributed by atoms with Crippen LogP contribution in [0.5, 0.6) is 0 Å². The van der Waals surface area contributed by atoms with Crippen LogP contribution in [0.4, 0.5) is 5.69 Å². The van der Waals surface area contributed by atoms with E-state index >= 15 is 0 Å². The maximum absolute atomic E-state index is 12.3. The van der Waals surface area contributed by atoms with Crippen LogP contribution in [0, 0.1) is 0 Å². The van der Waals surface area contributed by atoms with Crippen molar-refractivity contribution in [3.05, 3.63) is 56.2 Å². The lowest BCUT2D eigenvalue weighted by atomic mass is 10.2. The molecule has 1 aliphatic rings. The van der Waals surface area contributed by atoms with Crippen LogP contribution in [0.2, 0.25) is 5.02 Å². The van der Waals surface area contributed by atoms with E-state index in [-0.39, 0.29) is 18.4 Å². The number of nitrogens with zero attached hydrogens (tertiary/aromatic N) is 2. The fourth-order valence-electron chi connectivity index (χ4n) is 2.78. The van der Waals surface area contributed by atoms with Gasteiger partial charge in [0.2, 0.25) is 11.8 Å². The Morgan fingerprint density at radius 3 is 2.44 bits per heavy atom. The number of carbonyl (C=O) groups is 2. The third-order valence-corrected chi connectivity index (χ3v) is 6.07. The number of benzene rings is 1. The largest absolute Gasteiger partial charge is 0.368 e. The van der Waals surface area contributed by atoms with Crippen LogP contribution in [0.3, 0.4) is 0 Å². The third-order valence-electron chi connectivity index (χ3n) is 4.23. The van der Waals surface area contributed by atoms with E-state index in [0.29, 0.717) is 18.1 Å². The second-order valence-corrected chi connectivity index (χ2v) is 8.97. The van der Waals surface area contributed by atoms with Gasteiger partial charge in [-0.1, -0.05) is 11.6 Å². The molecular weight excluding hydrogens is 450 g/mol. The molecule has 0 saturated carbocycles. The minimum Gasteiger partial charge on any atom is -0.368 e. The van der Waals surface area contributed by atoms with E-state index in [1.807, 2.05) is 36.4 Å². The van der Waals surface area contributed by atoms with Crippen molar-refractivity contribution in [2.45, 2.75) is 0 Å². The molecule has 0 spiro atoms. The number of piperazine rings is 1. The molecule has 2 aromatic rings. The summed E-state index contributed by atoms with van der Waals surface area (Å²) in [5.74, 6) is -0.334. The summed E-state index contributed by atoms with van der Waals surface area (Å²) < 4.78 is 1.01. The summed E-state index contributed by atoms with van der Waals surface area (Å²) in [6.07, 6.45) is 3.18. The molecular formula is C19H19BrClN3O2S. The second-order valence-electron chi connectivity index (χ2n) is 6.04. The van der Waals surface area contributed by atoms with Gasteiger partial charge in [-0.2, -0.15) is 0 Å². The minimum absolute atomic E-state index is 0.0122. The Labute approximate surface area is 175 Å². The van der Waals surface area contributed by atoms with Crippen molar-refractivity contribution in [3.63, 3.8) is 0 Å². The monoisotopic (exact) mass is 467 g/mol. The maximum Gasteiger partial charge on any atom is 0.244 e. The zero-order chi connectivity index (χ0) is 19.2. The summed E-state index contributed by atoms with van der Waals surface area (Å²) in [6.45, 7) is 2.80. The number of nitrogens with one attached hydrogen (secondary N) is 1. The van der Waals surface area contributed by atoms with E-state index in [9.17, 15) is 9.59 Å². The minimum atomic E-state index is -0.271. The molecule has 142 valence electrons. The summed E-state index contributed by atoms with van der Waals surface area (Å²) in [7, 11) is 0. The zero-order valence-corrected chi connectivity index (χ0v) is 17.7. The molecule has 5 nitrogen and oxygen atoms in total. The normalized spacial score (nSPS) is 14.6. The van der Waals surface area contributed by atoms with E-state index < -0.39 is 0 Å². The van der Waals surface area contributed by atoms with Crippen molar-refractivity contribution in [1.29, 1.82) is 0 Å². The topological polar surface area (TPSA) is 52.7 Å². The van der Waals surface area contributed by atoms with E-state index in [4.69, 9.17) is 11.6 Å². The van der Waals surface area contributed by atoms with Crippen molar-refractivity contribution >= 4 is 62.4 Å². The maximum atomic E-state index is 12.3. The lowest BCUT2D eigenvalue weighted by molar-refractivity contribution is -0.132. The van der Waals surface area contributed by atoms with Crippen molar-refractivity contribution < 1.29 is 9.59 Å². The number of hydrogen-bond donors (Lipinski definition) is 1. The van der Waals surface area contributed by atoms with Crippen LogP contribution in [-0.2, 0) is 9.59 Å². The molecule has 1 fully saturated rings. The predicted molar refractivity (Wildman–Crippen MR) is 114 cm³/mol. The first-order valence-corrected chi connectivity index (χ1v) is 10.5. The van der Waals surface area contributed by atoms with Crippen molar-refractivity contribution in [2.24, 2.45) is 0 Å². The highest BCUT2D eigenvalue weighted by molar-refractivity contribution is 9.11. The van der Waals surface area contributed by atoms with E-state index in [1.54, 1.807) is 11.0 Å². The zero-order valence-electron chi connectivity index (χ0n) is 14.5. The quantitative estimate of drug-likeness (QED) is 0.682. The molecule has 1 aromatic carbocycles. The predicted octanol–water partition coefficient (Wildman–Crippen LogP) is 3.64. The molecule has 0 aliphatic carbocycles. The van der Waals surface area contributed by atoms with Gasteiger partial charge in [-0.3, -0.25) is 9.59 Å². The van der Waals surface area contributed by atoms with Gasteiger partial charge in [0.15, 0.2) is 0 Å². The standard InChI is InChI=1S/C19H19BrClN3O2S/c20-17-7-5-16(27-17)6-8-18(25)22-13-19(26)24-11-9-23(10-12-24)15-3-1-14(21)2-4-15/h1-8H,9-13H2,(H,22,25)/b8-6+.